The number of pyridine rings is 1. The van der Waals surface area contributed by atoms with E-state index >= 15 is 0 Å². The topological polar surface area (TPSA) is 110 Å². The van der Waals surface area contributed by atoms with Crippen molar-refractivity contribution in [3.05, 3.63) is 36.0 Å². The van der Waals surface area contributed by atoms with Crippen LogP contribution in [0.3, 0.4) is 0 Å². The van der Waals surface area contributed by atoms with Crippen LogP contribution >= 0.6 is 0 Å². The second-order valence-corrected chi connectivity index (χ2v) is 8.52. The van der Waals surface area contributed by atoms with Crippen molar-refractivity contribution in [1.29, 1.82) is 0 Å². The van der Waals surface area contributed by atoms with Gasteiger partial charge in [0.25, 0.3) is 0 Å². The van der Waals surface area contributed by atoms with Crippen molar-refractivity contribution in [2.75, 3.05) is 13.7 Å². The molecule has 1 saturated heterocycles. The van der Waals surface area contributed by atoms with Gasteiger partial charge < -0.3 is 29.7 Å². The minimum Gasteiger partial charge on any atom is -0.495 e. The standard InChI is InChI=1S/C22H30N2O6/c1-22(2,3)30-21(27)24-13-8-9-18(29-12-13)20(26)19(25)15-6-5-7-17-16(15)10-14(28-4)11-23-17/h5-7,10-11,13,18-20,25-26H,8-9,12H2,1-4H3,(H,24,27)/t13-,18+,19-,20+/m1/s1. The van der Waals surface area contributed by atoms with Gasteiger partial charge in [0.05, 0.1) is 37.6 Å². The molecule has 30 heavy (non-hydrogen) atoms. The molecule has 8 nitrogen and oxygen atoms in total. The number of rotatable bonds is 5. The fourth-order valence-corrected chi connectivity index (χ4v) is 3.54. The Labute approximate surface area is 176 Å². The minimum absolute atomic E-state index is 0.202. The second-order valence-electron chi connectivity index (χ2n) is 8.52. The Morgan fingerprint density at radius 1 is 1.30 bits per heavy atom. The molecule has 1 amide bonds. The predicted molar refractivity (Wildman–Crippen MR) is 111 cm³/mol. The molecule has 1 fully saturated rings. The van der Waals surface area contributed by atoms with E-state index in [0.717, 1.165) is 0 Å². The van der Waals surface area contributed by atoms with Crippen LogP contribution in [0, 0.1) is 0 Å². The minimum atomic E-state index is -1.15. The maximum atomic E-state index is 11.9. The van der Waals surface area contributed by atoms with Gasteiger partial charge >= 0.3 is 6.09 Å². The normalized spacial score (nSPS) is 21.7. The number of benzene rings is 1. The van der Waals surface area contributed by atoms with Crippen molar-refractivity contribution >= 4 is 17.0 Å². The summed E-state index contributed by atoms with van der Waals surface area (Å²) in [6.07, 6.45) is -0.606. The third-order valence-electron chi connectivity index (χ3n) is 5.03. The first-order valence-corrected chi connectivity index (χ1v) is 10.1. The van der Waals surface area contributed by atoms with Gasteiger partial charge in [0.2, 0.25) is 0 Å². The second kappa shape index (κ2) is 9.16. The van der Waals surface area contributed by atoms with Crippen LogP contribution in [0.1, 0.15) is 45.3 Å². The lowest BCUT2D eigenvalue weighted by Gasteiger charge is -2.34. The molecule has 3 rings (SSSR count). The number of aromatic nitrogens is 1. The van der Waals surface area contributed by atoms with Crippen LogP contribution < -0.4 is 10.1 Å². The summed E-state index contributed by atoms with van der Waals surface area (Å²) < 4.78 is 16.3. The van der Waals surface area contributed by atoms with Crippen molar-refractivity contribution in [3.63, 3.8) is 0 Å². The molecule has 0 spiro atoms. The molecule has 0 radical (unpaired) electrons. The van der Waals surface area contributed by atoms with Crippen LogP contribution in [0.4, 0.5) is 4.79 Å². The lowest BCUT2D eigenvalue weighted by molar-refractivity contribution is -0.113. The zero-order chi connectivity index (χ0) is 21.9. The molecule has 0 unspecified atom stereocenters. The molecule has 3 N–H and O–H groups in total. The van der Waals surface area contributed by atoms with Gasteiger partial charge in [-0.25, -0.2) is 4.79 Å². The summed E-state index contributed by atoms with van der Waals surface area (Å²) in [7, 11) is 1.55. The van der Waals surface area contributed by atoms with Gasteiger partial charge in [-0.05, 0) is 51.3 Å². The number of aliphatic hydroxyl groups excluding tert-OH is 2. The fraction of sp³-hybridized carbons (Fsp3) is 0.545. The van der Waals surface area contributed by atoms with E-state index in [0.29, 0.717) is 35.1 Å². The summed E-state index contributed by atoms with van der Waals surface area (Å²) in [5.41, 5.74) is 0.688. The number of aliphatic hydroxyl groups is 2. The maximum Gasteiger partial charge on any atom is 0.407 e. The monoisotopic (exact) mass is 418 g/mol. The molecule has 2 heterocycles. The van der Waals surface area contributed by atoms with E-state index in [4.69, 9.17) is 14.2 Å². The van der Waals surface area contributed by atoms with Gasteiger partial charge in [-0.2, -0.15) is 0 Å². The zero-order valence-electron chi connectivity index (χ0n) is 17.8. The Hall–Kier alpha value is -2.42. The van der Waals surface area contributed by atoms with Gasteiger partial charge in [0, 0.05) is 5.39 Å². The first kappa shape index (κ1) is 22.3. The highest BCUT2D eigenvalue weighted by Gasteiger charge is 2.34. The van der Waals surface area contributed by atoms with E-state index in [2.05, 4.69) is 10.3 Å². The van der Waals surface area contributed by atoms with E-state index in [9.17, 15) is 15.0 Å². The summed E-state index contributed by atoms with van der Waals surface area (Å²) in [6, 6.07) is 6.96. The fourth-order valence-electron chi connectivity index (χ4n) is 3.54. The molecular weight excluding hydrogens is 388 g/mol. The summed E-state index contributed by atoms with van der Waals surface area (Å²) in [5.74, 6) is 0.571. The van der Waals surface area contributed by atoms with E-state index in [-0.39, 0.29) is 12.6 Å². The first-order chi connectivity index (χ1) is 14.2. The van der Waals surface area contributed by atoms with Crippen LogP contribution in [-0.2, 0) is 9.47 Å². The number of hydrogen-bond donors (Lipinski definition) is 3. The Kier molecular flexibility index (Phi) is 6.80. The van der Waals surface area contributed by atoms with Crippen molar-refractivity contribution in [3.8, 4) is 5.75 Å². The number of fused-ring (bicyclic) bond motifs is 1. The molecule has 1 aliphatic rings. The molecule has 1 aliphatic heterocycles. The summed E-state index contributed by atoms with van der Waals surface area (Å²) in [5, 5.41) is 25.1. The van der Waals surface area contributed by atoms with Gasteiger partial charge in [-0.1, -0.05) is 12.1 Å². The Bertz CT molecular complexity index is 874. The number of hydrogen-bond acceptors (Lipinski definition) is 7. The maximum absolute atomic E-state index is 11.9. The van der Waals surface area contributed by atoms with Crippen LogP contribution in [0.2, 0.25) is 0 Å². The van der Waals surface area contributed by atoms with E-state index in [1.165, 1.54) is 0 Å². The summed E-state index contributed by atoms with van der Waals surface area (Å²) in [6.45, 7) is 5.64. The average molecular weight is 418 g/mol. The number of carbonyl (C=O) groups excluding carboxylic acids is 1. The lowest BCUT2D eigenvalue weighted by Crippen LogP contribution is -2.47. The van der Waals surface area contributed by atoms with Crippen molar-refractivity contribution in [1.82, 2.24) is 10.3 Å². The molecule has 2 aromatic rings. The zero-order valence-corrected chi connectivity index (χ0v) is 17.8. The molecule has 8 heteroatoms. The average Bonchev–Trinajstić information content (AvgIpc) is 2.71. The van der Waals surface area contributed by atoms with Gasteiger partial charge in [0.15, 0.2) is 0 Å². The lowest BCUT2D eigenvalue weighted by atomic mass is 9.92. The number of alkyl carbamates (subject to hydrolysis) is 1. The van der Waals surface area contributed by atoms with Crippen LogP contribution in [0.25, 0.3) is 10.9 Å². The van der Waals surface area contributed by atoms with Crippen molar-refractivity contribution in [2.24, 2.45) is 0 Å². The summed E-state index contributed by atoms with van der Waals surface area (Å²) in [4.78, 5) is 16.2. The molecular formula is C22H30N2O6. The SMILES string of the molecule is COc1cnc2cccc([C@@H](O)[C@@H](O)[C@@H]3CC[C@@H](NC(=O)OC(C)(C)C)CO3)c2c1. The molecule has 0 aliphatic carbocycles. The van der Waals surface area contributed by atoms with E-state index < -0.39 is 30.0 Å². The number of nitrogens with one attached hydrogen (secondary N) is 1. The molecule has 164 valence electrons. The van der Waals surface area contributed by atoms with Gasteiger partial charge in [0.1, 0.15) is 23.6 Å². The Morgan fingerprint density at radius 3 is 2.70 bits per heavy atom. The molecule has 1 aromatic carbocycles. The smallest absolute Gasteiger partial charge is 0.407 e. The molecule has 0 bridgehead atoms. The molecule has 1 aromatic heterocycles. The number of ether oxygens (including phenoxy) is 3. The highest BCUT2D eigenvalue weighted by atomic mass is 16.6. The number of carbonyl (C=O) groups is 1. The van der Waals surface area contributed by atoms with Crippen molar-refractivity contribution in [2.45, 2.75) is 63.6 Å². The van der Waals surface area contributed by atoms with E-state index in [1.54, 1.807) is 52.3 Å². The molecule has 0 saturated carbocycles. The summed E-state index contributed by atoms with van der Waals surface area (Å²) >= 11 is 0. The third-order valence-corrected chi connectivity index (χ3v) is 5.03. The number of amides is 1. The number of nitrogens with zero attached hydrogens (tertiary/aromatic N) is 1. The largest absolute Gasteiger partial charge is 0.495 e. The quantitative estimate of drug-likeness (QED) is 0.685. The van der Waals surface area contributed by atoms with Crippen LogP contribution in [0.15, 0.2) is 30.5 Å². The first-order valence-electron chi connectivity index (χ1n) is 10.1. The Balaban J connectivity index is 1.63. The van der Waals surface area contributed by atoms with Crippen LogP contribution in [0.5, 0.6) is 5.75 Å². The van der Waals surface area contributed by atoms with Crippen molar-refractivity contribution < 1.29 is 29.2 Å². The van der Waals surface area contributed by atoms with Gasteiger partial charge in [-0.15, -0.1) is 0 Å². The number of methoxy groups -OCH3 is 1. The van der Waals surface area contributed by atoms with Crippen LogP contribution in [-0.4, -0.2) is 58.9 Å². The predicted octanol–water partition coefficient (Wildman–Crippen LogP) is 2.71. The third kappa shape index (κ3) is 5.38. The highest BCUT2D eigenvalue weighted by molar-refractivity contribution is 5.83. The Morgan fingerprint density at radius 2 is 2.07 bits per heavy atom. The van der Waals surface area contributed by atoms with E-state index in [1.807, 2.05) is 6.07 Å². The highest BCUT2D eigenvalue weighted by Crippen LogP contribution is 2.31. The van der Waals surface area contributed by atoms with Gasteiger partial charge in [-0.3, -0.25) is 4.98 Å². The molecule has 4 atom stereocenters.